The van der Waals surface area contributed by atoms with E-state index < -0.39 is 0 Å². The summed E-state index contributed by atoms with van der Waals surface area (Å²) in [5, 5.41) is 13.2. The Labute approximate surface area is 164 Å². The minimum atomic E-state index is -0.295. The molecule has 1 aliphatic heterocycles. The number of nitrogens with zero attached hydrogens (tertiary/aromatic N) is 6. The molecular weight excluding hydrogens is 383 g/mol. The van der Waals surface area contributed by atoms with E-state index in [9.17, 15) is 4.39 Å². The Kier molecular flexibility index (Phi) is 3.87. The molecule has 3 aromatic heterocycles. The van der Waals surface area contributed by atoms with Gasteiger partial charge in [0.2, 0.25) is 11.5 Å². The summed E-state index contributed by atoms with van der Waals surface area (Å²) in [5.74, 6) is 0.708. The molecule has 0 aliphatic carbocycles. The third-order valence-corrected chi connectivity index (χ3v) is 4.87. The summed E-state index contributed by atoms with van der Waals surface area (Å²) in [7, 11) is 1.93. The maximum atomic E-state index is 13.2. The van der Waals surface area contributed by atoms with Crippen molar-refractivity contribution in [2.24, 2.45) is 0 Å². The number of fused-ring (bicyclic) bond motifs is 3. The van der Waals surface area contributed by atoms with Crippen LogP contribution in [0.25, 0.3) is 28.4 Å². The molecule has 4 aromatic rings. The number of ether oxygens (including phenoxy) is 1. The predicted octanol–water partition coefficient (Wildman–Crippen LogP) is 3.47. The number of rotatable bonds is 2. The van der Waals surface area contributed by atoms with Crippen molar-refractivity contribution in [3.8, 4) is 28.5 Å². The first-order valence-corrected chi connectivity index (χ1v) is 9.02. The van der Waals surface area contributed by atoms with Crippen LogP contribution in [0.3, 0.4) is 0 Å². The van der Waals surface area contributed by atoms with Crippen molar-refractivity contribution in [1.29, 1.82) is 0 Å². The van der Waals surface area contributed by atoms with E-state index in [1.54, 1.807) is 12.1 Å². The van der Waals surface area contributed by atoms with Gasteiger partial charge in [-0.25, -0.2) is 9.37 Å². The number of pyridine rings is 1. The van der Waals surface area contributed by atoms with E-state index in [1.807, 2.05) is 30.1 Å². The molecule has 5 rings (SSSR count). The van der Waals surface area contributed by atoms with Crippen LogP contribution in [-0.2, 0) is 0 Å². The van der Waals surface area contributed by atoms with Crippen LogP contribution in [0.2, 0.25) is 5.15 Å². The maximum Gasteiger partial charge on any atom is 0.222 e. The van der Waals surface area contributed by atoms with Crippen molar-refractivity contribution in [3.63, 3.8) is 0 Å². The number of halogens is 2. The standard InChI is InChI=1S/C19H14ClFN6O/c1-26-9-10-28-16-15(26)17(20)25-27-18(23-24-19(16)27)14-4-2-3-13(22-14)11-5-7-12(21)8-6-11/h2-8H,9-10H2,1H3. The summed E-state index contributed by atoms with van der Waals surface area (Å²) < 4.78 is 20.5. The molecule has 0 saturated heterocycles. The summed E-state index contributed by atoms with van der Waals surface area (Å²) in [4.78, 5) is 6.62. The fourth-order valence-corrected chi connectivity index (χ4v) is 3.52. The fraction of sp³-hybridized carbons (Fsp3) is 0.158. The van der Waals surface area contributed by atoms with E-state index in [1.165, 1.54) is 16.6 Å². The lowest BCUT2D eigenvalue weighted by molar-refractivity contribution is 0.312. The average molecular weight is 397 g/mol. The largest absolute Gasteiger partial charge is 0.486 e. The van der Waals surface area contributed by atoms with Gasteiger partial charge in [0.15, 0.2) is 10.9 Å². The highest BCUT2D eigenvalue weighted by atomic mass is 35.5. The zero-order chi connectivity index (χ0) is 19.3. The Hall–Kier alpha value is -3.26. The van der Waals surface area contributed by atoms with Gasteiger partial charge in [0.05, 0.1) is 12.2 Å². The molecule has 140 valence electrons. The molecule has 4 heterocycles. The first-order chi connectivity index (χ1) is 13.6. The monoisotopic (exact) mass is 396 g/mol. The maximum absolute atomic E-state index is 13.2. The molecule has 0 bridgehead atoms. The number of benzene rings is 1. The van der Waals surface area contributed by atoms with Gasteiger partial charge in [0, 0.05) is 12.6 Å². The minimum Gasteiger partial charge on any atom is -0.486 e. The highest BCUT2D eigenvalue weighted by Gasteiger charge is 2.26. The van der Waals surface area contributed by atoms with Crippen LogP contribution in [0.15, 0.2) is 42.5 Å². The molecule has 0 spiro atoms. The SMILES string of the molecule is CN1CCOc2c1c(Cl)nn1c(-c3cccc(-c4ccc(F)cc4)n3)nnc21. The third kappa shape index (κ3) is 2.65. The lowest BCUT2D eigenvalue weighted by Crippen LogP contribution is -2.30. The van der Waals surface area contributed by atoms with Gasteiger partial charge in [0.1, 0.15) is 23.8 Å². The topological polar surface area (TPSA) is 68.4 Å². The van der Waals surface area contributed by atoms with E-state index in [2.05, 4.69) is 20.3 Å². The van der Waals surface area contributed by atoms with Crippen molar-refractivity contribution >= 4 is 22.9 Å². The van der Waals surface area contributed by atoms with E-state index >= 15 is 0 Å². The van der Waals surface area contributed by atoms with Gasteiger partial charge in [-0.15, -0.1) is 15.3 Å². The van der Waals surface area contributed by atoms with E-state index in [-0.39, 0.29) is 5.82 Å². The zero-order valence-electron chi connectivity index (χ0n) is 14.8. The zero-order valence-corrected chi connectivity index (χ0v) is 15.6. The second kappa shape index (κ2) is 6.42. The lowest BCUT2D eigenvalue weighted by atomic mass is 10.1. The minimum absolute atomic E-state index is 0.295. The molecule has 9 heteroatoms. The van der Waals surface area contributed by atoms with E-state index in [4.69, 9.17) is 16.3 Å². The summed E-state index contributed by atoms with van der Waals surface area (Å²) in [6, 6.07) is 11.7. The van der Waals surface area contributed by atoms with Gasteiger partial charge in [-0.1, -0.05) is 17.7 Å². The Morgan fingerprint density at radius 2 is 1.86 bits per heavy atom. The van der Waals surface area contributed by atoms with Crippen molar-refractivity contribution in [2.75, 3.05) is 25.1 Å². The number of hydrogen-bond donors (Lipinski definition) is 0. The van der Waals surface area contributed by atoms with E-state index in [0.717, 1.165) is 5.56 Å². The van der Waals surface area contributed by atoms with Crippen LogP contribution in [-0.4, -0.2) is 45.0 Å². The number of aromatic nitrogens is 5. The first-order valence-electron chi connectivity index (χ1n) is 8.64. The van der Waals surface area contributed by atoms with Gasteiger partial charge in [-0.3, -0.25) is 0 Å². The molecule has 1 aliphatic rings. The quantitative estimate of drug-likeness (QED) is 0.516. The second-order valence-electron chi connectivity index (χ2n) is 6.41. The molecule has 0 fully saturated rings. The Morgan fingerprint density at radius 1 is 1.07 bits per heavy atom. The van der Waals surface area contributed by atoms with Gasteiger partial charge in [-0.2, -0.15) is 4.52 Å². The van der Waals surface area contributed by atoms with Crippen LogP contribution in [0.1, 0.15) is 0 Å². The van der Waals surface area contributed by atoms with Gasteiger partial charge >= 0.3 is 0 Å². The van der Waals surface area contributed by atoms with Crippen LogP contribution >= 0.6 is 11.6 Å². The average Bonchev–Trinajstić information content (AvgIpc) is 3.12. The third-order valence-electron chi connectivity index (χ3n) is 4.62. The molecule has 0 unspecified atom stereocenters. The van der Waals surface area contributed by atoms with Gasteiger partial charge < -0.3 is 9.64 Å². The Bertz CT molecular complexity index is 1190. The highest BCUT2D eigenvalue weighted by Crippen LogP contribution is 2.39. The number of hydrogen-bond acceptors (Lipinski definition) is 6. The van der Waals surface area contributed by atoms with Crippen LogP contribution in [0, 0.1) is 5.82 Å². The van der Waals surface area contributed by atoms with Crippen molar-refractivity contribution in [1.82, 2.24) is 24.8 Å². The fourth-order valence-electron chi connectivity index (χ4n) is 3.21. The predicted molar refractivity (Wildman–Crippen MR) is 103 cm³/mol. The molecule has 0 amide bonds. The van der Waals surface area contributed by atoms with Crippen LogP contribution in [0.4, 0.5) is 10.1 Å². The molecule has 0 saturated carbocycles. The highest BCUT2D eigenvalue weighted by molar-refractivity contribution is 6.32. The van der Waals surface area contributed by atoms with Crippen LogP contribution in [0.5, 0.6) is 5.75 Å². The second-order valence-corrected chi connectivity index (χ2v) is 6.77. The van der Waals surface area contributed by atoms with Crippen molar-refractivity contribution < 1.29 is 9.13 Å². The Morgan fingerprint density at radius 3 is 2.68 bits per heavy atom. The lowest BCUT2D eigenvalue weighted by Gasteiger charge is -2.27. The molecule has 28 heavy (non-hydrogen) atoms. The van der Waals surface area contributed by atoms with Crippen molar-refractivity contribution in [3.05, 3.63) is 53.4 Å². The molecule has 0 N–H and O–H groups in total. The van der Waals surface area contributed by atoms with Crippen molar-refractivity contribution in [2.45, 2.75) is 0 Å². The number of anilines is 1. The summed E-state index contributed by atoms with van der Waals surface area (Å²) >= 11 is 6.41. The summed E-state index contributed by atoms with van der Waals surface area (Å²) in [6.45, 7) is 1.24. The summed E-state index contributed by atoms with van der Waals surface area (Å²) in [5.41, 5.74) is 3.24. The molecule has 7 nitrogen and oxygen atoms in total. The first kappa shape index (κ1) is 16.9. The Balaban J connectivity index is 1.65. The number of likely N-dealkylation sites (N-methyl/N-ethyl adjacent to an activating group) is 1. The van der Waals surface area contributed by atoms with Gasteiger partial charge in [-0.05, 0) is 36.4 Å². The van der Waals surface area contributed by atoms with Gasteiger partial charge in [0.25, 0.3) is 0 Å². The normalized spacial score (nSPS) is 13.5. The molecule has 0 atom stereocenters. The molecule has 0 radical (unpaired) electrons. The van der Waals surface area contributed by atoms with Crippen LogP contribution < -0.4 is 9.64 Å². The molecule has 1 aromatic carbocycles. The molecular formula is C19H14ClFN6O. The smallest absolute Gasteiger partial charge is 0.222 e. The van der Waals surface area contributed by atoms with E-state index in [0.29, 0.717) is 52.6 Å². The summed E-state index contributed by atoms with van der Waals surface area (Å²) in [6.07, 6.45) is 0.